The van der Waals surface area contributed by atoms with Crippen molar-refractivity contribution in [2.45, 2.75) is 37.3 Å². The van der Waals surface area contributed by atoms with E-state index in [2.05, 4.69) is 9.72 Å². The third kappa shape index (κ3) is 2.41. The molecule has 0 saturated carbocycles. The molecule has 0 radical (unpaired) electrons. The summed E-state index contributed by atoms with van der Waals surface area (Å²) in [5.41, 5.74) is 6.45. The first kappa shape index (κ1) is 13.5. The maximum atomic E-state index is 8.88. The molecule has 0 aromatic carbocycles. The second kappa shape index (κ2) is 5.46. The van der Waals surface area contributed by atoms with Crippen LogP contribution in [0.5, 0.6) is 0 Å². The summed E-state index contributed by atoms with van der Waals surface area (Å²) in [7, 11) is 0. The van der Waals surface area contributed by atoms with Crippen LogP contribution in [0.15, 0.2) is 23.5 Å². The highest BCUT2D eigenvalue weighted by Crippen LogP contribution is 2.39. The van der Waals surface area contributed by atoms with Gasteiger partial charge in [-0.15, -0.1) is 0 Å². The van der Waals surface area contributed by atoms with E-state index in [0.717, 1.165) is 51.2 Å². The average Bonchev–Trinajstić information content (AvgIpc) is 2.97. The smallest absolute Gasteiger partial charge is 0.186 e. The molecule has 2 fully saturated rings. The highest BCUT2D eigenvalue weighted by Gasteiger charge is 2.39. The number of amidine groups is 1. The Labute approximate surface area is 118 Å². The van der Waals surface area contributed by atoms with Gasteiger partial charge in [0.15, 0.2) is 5.84 Å². The van der Waals surface area contributed by atoms with E-state index in [4.69, 9.17) is 20.4 Å². The average molecular weight is 279 g/mol. The Hall–Kier alpha value is -1.53. The van der Waals surface area contributed by atoms with Gasteiger partial charge < -0.3 is 25.0 Å². The summed E-state index contributed by atoms with van der Waals surface area (Å²) in [6.07, 6.45) is 5.80. The van der Waals surface area contributed by atoms with Crippen LogP contribution in [0.4, 0.5) is 0 Å². The zero-order chi connectivity index (χ0) is 14.0. The second-order valence-electron chi connectivity index (χ2n) is 5.58. The summed E-state index contributed by atoms with van der Waals surface area (Å²) < 4.78 is 13.6. The number of rotatable bonds is 2. The van der Waals surface area contributed by atoms with E-state index in [1.54, 1.807) is 0 Å². The Balaban J connectivity index is 1.82. The van der Waals surface area contributed by atoms with E-state index in [9.17, 15) is 0 Å². The van der Waals surface area contributed by atoms with Crippen molar-refractivity contribution in [1.29, 1.82) is 0 Å². The molecule has 6 nitrogen and oxygen atoms in total. The van der Waals surface area contributed by atoms with E-state index in [-0.39, 0.29) is 11.4 Å². The lowest BCUT2D eigenvalue weighted by Crippen LogP contribution is -2.45. The quantitative estimate of drug-likeness (QED) is 0.372. The highest BCUT2D eigenvalue weighted by atomic mass is 16.5. The summed E-state index contributed by atoms with van der Waals surface area (Å²) >= 11 is 0. The zero-order valence-corrected chi connectivity index (χ0v) is 11.5. The minimum Gasteiger partial charge on any atom is -0.409 e. The number of aromatic nitrogens is 1. The van der Waals surface area contributed by atoms with Gasteiger partial charge in [-0.25, -0.2) is 0 Å². The van der Waals surface area contributed by atoms with Crippen molar-refractivity contribution >= 4 is 5.84 Å². The lowest BCUT2D eigenvalue weighted by atomic mass is 9.84. The molecular formula is C14H21N3O3. The largest absolute Gasteiger partial charge is 0.409 e. The first-order chi connectivity index (χ1) is 9.74. The fourth-order valence-corrected chi connectivity index (χ4v) is 3.31. The third-order valence-corrected chi connectivity index (χ3v) is 4.41. The van der Waals surface area contributed by atoms with Crippen molar-refractivity contribution in [2.24, 2.45) is 10.9 Å². The molecule has 1 aromatic heterocycles. The van der Waals surface area contributed by atoms with Crippen molar-refractivity contribution in [3.63, 3.8) is 0 Å². The SMILES string of the molecule is N/C(=N/O)c1cccn1C1CCOC2(CCOCC2)C1. The molecule has 1 aromatic rings. The van der Waals surface area contributed by atoms with Gasteiger partial charge >= 0.3 is 0 Å². The van der Waals surface area contributed by atoms with Gasteiger partial charge in [0.1, 0.15) is 0 Å². The maximum Gasteiger partial charge on any atom is 0.186 e. The van der Waals surface area contributed by atoms with Crippen LogP contribution in [0, 0.1) is 0 Å². The lowest BCUT2D eigenvalue weighted by molar-refractivity contribution is -0.144. The van der Waals surface area contributed by atoms with Crippen LogP contribution >= 0.6 is 0 Å². The minimum atomic E-state index is -0.0617. The number of nitrogens with two attached hydrogens (primary N) is 1. The van der Waals surface area contributed by atoms with Gasteiger partial charge in [0.2, 0.25) is 0 Å². The molecule has 3 rings (SSSR count). The number of nitrogens with zero attached hydrogens (tertiary/aromatic N) is 2. The second-order valence-corrected chi connectivity index (χ2v) is 5.58. The number of ether oxygens (including phenoxy) is 2. The molecule has 0 amide bonds. The molecule has 2 saturated heterocycles. The molecule has 2 aliphatic heterocycles. The van der Waals surface area contributed by atoms with Gasteiger partial charge in [-0.1, -0.05) is 5.16 Å². The predicted octanol–water partition coefficient (Wildman–Crippen LogP) is 1.48. The van der Waals surface area contributed by atoms with E-state index in [1.165, 1.54) is 0 Å². The molecule has 1 unspecified atom stereocenters. The number of hydrogen-bond acceptors (Lipinski definition) is 4. The van der Waals surface area contributed by atoms with Crippen molar-refractivity contribution in [3.8, 4) is 0 Å². The Kier molecular flexibility index (Phi) is 3.67. The summed E-state index contributed by atoms with van der Waals surface area (Å²) in [6, 6.07) is 4.13. The molecule has 2 aliphatic rings. The number of oxime groups is 1. The predicted molar refractivity (Wildman–Crippen MR) is 73.9 cm³/mol. The molecule has 3 heterocycles. The van der Waals surface area contributed by atoms with E-state index in [0.29, 0.717) is 6.04 Å². The third-order valence-electron chi connectivity index (χ3n) is 4.41. The van der Waals surface area contributed by atoms with Crippen molar-refractivity contribution < 1.29 is 14.7 Å². The van der Waals surface area contributed by atoms with E-state index in [1.807, 2.05) is 18.3 Å². The van der Waals surface area contributed by atoms with Crippen LogP contribution < -0.4 is 5.73 Å². The number of hydrogen-bond donors (Lipinski definition) is 2. The van der Waals surface area contributed by atoms with Crippen LogP contribution in [-0.2, 0) is 9.47 Å². The molecule has 110 valence electrons. The highest BCUT2D eigenvalue weighted by molar-refractivity contribution is 5.95. The molecule has 6 heteroatoms. The Morgan fingerprint density at radius 1 is 1.40 bits per heavy atom. The molecule has 0 aliphatic carbocycles. The molecule has 20 heavy (non-hydrogen) atoms. The first-order valence-electron chi connectivity index (χ1n) is 7.10. The van der Waals surface area contributed by atoms with Gasteiger partial charge in [0.05, 0.1) is 11.3 Å². The summed E-state index contributed by atoms with van der Waals surface area (Å²) in [4.78, 5) is 0. The van der Waals surface area contributed by atoms with Crippen molar-refractivity contribution in [2.75, 3.05) is 19.8 Å². The monoisotopic (exact) mass is 279 g/mol. The summed E-state index contributed by atoms with van der Waals surface area (Å²) in [6.45, 7) is 2.29. The van der Waals surface area contributed by atoms with Gasteiger partial charge in [-0.05, 0) is 37.8 Å². The Bertz CT molecular complexity index is 486. The standard InChI is InChI=1S/C14H21N3O3/c15-13(16-18)12-2-1-6-17(12)11-3-7-20-14(10-11)4-8-19-9-5-14/h1-2,6,11,18H,3-5,7-10H2,(H2,15,16). The lowest BCUT2D eigenvalue weighted by Gasteiger charge is -2.44. The van der Waals surface area contributed by atoms with Crippen LogP contribution in [-0.4, -0.2) is 41.0 Å². The van der Waals surface area contributed by atoms with Crippen molar-refractivity contribution in [3.05, 3.63) is 24.0 Å². The Morgan fingerprint density at radius 3 is 2.95 bits per heavy atom. The first-order valence-corrected chi connectivity index (χ1v) is 7.10. The molecule has 1 spiro atoms. The fraction of sp³-hybridized carbons (Fsp3) is 0.643. The van der Waals surface area contributed by atoms with Crippen LogP contribution in [0.2, 0.25) is 0 Å². The van der Waals surface area contributed by atoms with Gasteiger partial charge in [-0.3, -0.25) is 0 Å². The summed E-state index contributed by atoms with van der Waals surface area (Å²) in [5.74, 6) is 0.155. The molecular weight excluding hydrogens is 258 g/mol. The minimum absolute atomic E-state index is 0.0617. The Morgan fingerprint density at radius 2 is 2.20 bits per heavy atom. The van der Waals surface area contributed by atoms with Gasteiger partial charge in [0, 0.05) is 32.1 Å². The fourth-order valence-electron chi connectivity index (χ4n) is 3.31. The normalized spacial score (nSPS) is 26.8. The van der Waals surface area contributed by atoms with Gasteiger partial charge in [-0.2, -0.15) is 0 Å². The molecule has 1 atom stereocenters. The van der Waals surface area contributed by atoms with Crippen LogP contribution in [0.1, 0.15) is 37.4 Å². The maximum absolute atomic E-state index is 8.88. The topological polar surface area (TPSA) is 82.0 Å². The van der Waals surface area contributed by atoms with E-state index >= 15 is 0 Å². The van der Waals surface area contributed by atoms with Crippen LogP contribution in [0.25, 0.3) is 0 Å². The van der Waals surface area contributed by atoms with Crippen molar-refractivity contribution in [1.82, 2.24) is 4.57 Å². The van der Waals surface area contributed by atoms with Crippen LogP contribution in [0.3, 0.4) is 0 Å². The molecule has 0 bridgehead atoms. The van der Waals surface area contributed by atoms with E-state index < -0.39 is 0 Å². The molecule has 3 N–H and O–H groups in total. The van der Waals surface area contributed by atoms with Gasteiger partial charge in [0.25, 0.3) is 0 Å². The summed E-state index contributed by atoms with van der Waals surface area (Å²) in [5, 5.41) is 12.0. The zero-order valence-electron chi connectivity index (χ0n) is 11.5.